The van der Waals surface area contributed by atoms with E-state index in [-0.39, 0.29) is 6.10 Å². The zero-order chi connectivity index (χ0) is 12.6. The Labute approximate surface area is 108 Å². The van der Waals surface area contributed by atoms with E-state index in [1.807, 2.05) is 17.9 Å². The van der Waals surface area contributed by atoms with Gasteiger partial charge in [0.15, 0.2) is 0 Å². The summed E-state index contributed by atoms with van der Waals surface area (Å²) < 4.78 is 13.0. The van der Waals surface area contributed by atoms with E-state index >= 15 is 0 Å². The molecule has 1 saturated heterocycles. The first-order chi connectivity index (χ1) is 8.88. The number of aromatic nitrogens is 3. The van der Waals surface area contributed by atoms with Crippen LogP contribution in [0.5, 0.6) is 0 Å². The second kappa shape index (κ2) is 7.45. The summed E-state index contributed by atoms with van der Waals surface area (Å²) in [6.45, 7) is 3.71. The molecule has 0 radical (unpaired) electrons. The summed E-state index contributed by atoms with van der Waals surface area (Å²) in [6.07, 6.45) is 5.79. The van der Waals surface area contributed by atoms with E-state index in [2.05, 4.69) is 15.6 Å². The Morgan fingerprint density at radius 3 is 3.28 bits per heavy atom. The summed E-state index contributed by atoms with van der Waals surface area (Å²) in [4.78, 5) is 0. The highest BCUT2D eigenvalue weighted by Gasteiger charge is 2.13. The van der Waals surface area contributed by atoms with Crippen LogP contribution in [0, 0.1) is 0 Å². The van der Waals surface area contributed by atoms with Gasteiger partial charge in [0.1, 0.15) is 0 Å². The van der Waals surface area contributed by atoms with Crippen molar-refractivity contribution in [2.75, 3.05) is 26.9 Å². The number of nitrogens with one attached hydrogen (secondary N) is 1. The van der Waals surface area contributed by atoms with Gasteiger partial charge in [-0.15, -0.1) is 5.10 Å². The van der Waals surface area contributed by atoms with Crippen LogP contribution in [-0.4, -0.2) is 48.0 Å². The topological polar surface area (TPSA) is 61.2 Å². The lowest BCUT2D eigenvalue weighted by Crippen LogP contribution is -2.25. The van der Waals surface area contributed by atoms with E-state index in [0.717, 1.165) is 31.8 Å². The molecule has 6 nitrogen and oxygen atoms in total. The molecule has 18 heavy (non-hydrogen) atoms. The number of nitrogens with zero attached hydrogens (tertiary/aromatic N) is 3. The van der Waals surface area contributed by atoms with Crippen LogP contribution in [0.3, 0.4) is 0 Å². The minimum Gasteiger partial charge on any atom is -0.377 e. The molecule has 0 spiro atoms. The first-order valence-corrected chi connectivity index (χ1v) is 6.61. The molecule has 1 unspecified atom stereocenters. The van der Waals surface area contributed by atoms with E-state index in [0.29, 0.717) is 13.2 Å². The van der Waals surface area contributed by atoms with Gasteiger partial charge in [0.2, 0.25) is 0 Å². The molecule has 1 aliphatic heterocycles. The molecule has 0 amide bonds. The Hall–Kier alpha value is -0.980. The maximum atomic E-state index is 5.62. The van der Waals surface area contributed by atoms with Gasteiger partial charge in [-0.1, -0.05) is 5.21 Å². The molecule has 1 fully saturated rings. The fourth-order valence-corrected chi connectivity index (χ4v) is 2.02. The lowest BCUT2D eigenvalue weighted by atomic mass is 10.1. The Bertz CT molecular complexity index is 337. The fourth-order valence-electron chi connectivity index (χ4n) is 2.02. The summed E-state index contributed by atoms with van der Waals surface area (Å²) in [5, 5.41) is 11.1. The van der Waals surface area contributed by atoms with Gasteiger partial charge in [-0.05, 0) is 26.3 Å². The minimum atomic E-state index is 0.286. The Kier molecular flexibility index (Phi) is 5.57. The molecule has 0 bridgehead atoms. The highest BCUT2D eigenvalue weighted by molar-refractivity contribution is 4.90. The van der Waals surface area contributed by atoms with E-state index in [4.69, 9.17) is 9.47 Å². The van der Waals surface area contributed by atoms with Crippen molar-refractivity contribution in [2.24, 2.45) is 0 Å². The molecule has 2 heterocycles. The summed E-state index contributed by atoms with van der Waals surface area (Å²) in [6, 6.07) is 0. The van der Waals surface area contributed by atoms with Gasteiger partial charge in [-0.25, -0.2) is 4.68 Å². The maximum absolute atomic E-state index is 5.62. The first kappa shape index (κ1) is 13.5. The Balaban J connectivity index is 1.59. The highest BCUT2D eigenvalue weighted by atomic mass is 16.5. The van der Waals surface area contributed by atoms with Crippen molar-refractivity contribution in [1.29, 1.82) is 0 Å². The normalized spacial score (nSPS) is 20.2. The van der Waals surface area contributed by atoms with Gasteiger partial charge in [-0.2, -0.15) is 0 Å². The van der Waals surface area contributed by atoms with E-state index in [9.17, 15) is 0 Å². The lowest BCUT2D eigenvalue weighted by molar-refractivity contribution is -0.0421. The molecule has 102 valence electrons. The van der Waals surface area contributed by atoms with Crippen molar-refractivity contribution in [3.8, 4) is 0 Å². The SMILES string of the molecule is CNCc1cn(CCOCC2CCCCO2)nn1. The molecule has 2 rings (SSSR count). The number of hydrogen-bond acceptors (Lipinski definition) is 5. The van der Waals surface area contributed by atoms with Crippen LogP contribution in [0.25, 0.3) is 0 Å². The van der Waals surface area contributed by atoms with E-state index in [1.54, 1.807) is 0 Å². The summed E-state index contributed by atoms with van der Waals surface area (Å²) in [7, 11) is 1.90. The van der Waals surface area contributed by atoms with Crippen LogP contribution >= 0.6 is 0 Å². The zero-order valence-corrected chi connectivity index (χ0v) is 11.0. The minimum absolute atomic E-state index is 0.286. The first-order valence-electron chi connectivity index (χ1n) is 6.61. The average Bonchev–Trinajstić information content (AvgIpc) is 2.84. The van der Waals surface area contributed by atoms with Crippen LogP contribution in [-0.2, 0) is 22.6 Å². The van der Waals surface area contributed by atoms with Gasteiger partial charge in [-0.3, -0.25) is 0 Å². The van der Waals surface area contributed by atoms with Crippen LogP contribution in [0.1, 0.15) is 25.0 Å². The third-order valence-corrected chi connectivity index (χ3v) is 2.99. The molecule has 1 aromatic heterocycles. The Morgan fingerprint density at radius 2 is 2.50 bits per heavy atom. The summed E-state index contributed by atoms with van der Waals surface area (Å²) in [5.74, 6) is 0. The second-order valence-electron chi connectivity index (χ2n) is 4.57. The van der Waals surface area contributed by atoms with Crippen molar-refractivity contribution in [3.05, 3.63) is 11.9 Å². The predicted molar refractivity (Wildman–Crippen MR) is 67.2 cm³/mol. The molecule has 6 heteroatoms. The number of rotatable bonds is 7. The molecule has 1 atom stereocenters. The highest BCUT2D eigenvalue weighted by Crippen LogP contribution is 2.12. The quantitative estimate of drug-likeness (QED) is 0.721. The molecule has 0 aliphatic carbocycles. The Morgan fingerprint density at radius 1 is 1.56 bits per heavy atom. The van der Waals surface area contributed by atoms with Crippen molar-refractivity contribution in [2.45, 2.75) is 38.5 Å². The zero-order valence-electron chi connectivity index (χ0n) is 11.0. The van der Waals surface area contributed by atoms with Gasteiger partial charge in [0.05, 0.1) is 31.6 Å². The van der Waals surface area contributed by atoms with Crippen LogP contribution in [0.4, 0.5) is 0 Å². The molecule has 0 saturated carbocycles. The van der Waals surface area contributed by atoms with Crippen molar-refractivity contribution in [1.82, 2.24) is 20.3 Å². The van der Waals surface area contributed by atoms with Gasteiger partial charge in [0.25, 0.3) is 0 Å². The van der Waals surface area contributed by atoms with Gasteiger partial charge >= 0.3 is 0 Å². The smallest absolute Gasteiger partial charge is 0.0964 e. The molecule has 1 aliphatic rings. The fraction of sp³-hybridized carbons (Fsp3) is 0.833. The van der Waals surface area contributed by atoms with Crippen molar-refractivity contribution in [3.63, 3.8) is 0 Å². The molecule has 0 aromatic carbocycles. The van der Waals surface area contributed by atoms with Gasteiger partial charge < -0.3 is 14.8 Å². The van der Waals surface area contributed by atoms with Crippen molar-refractivity contribution >= 4 is 0 Å². The maximum Gasteiger partial charge on any atom is 0.0964 e. The molecular weight excluding hydrogens is 232 g/mol. The third kappa shape index (κ3) is 4.36. The van der Waals surface area contributed by atoms with Gasteiger partial charge in [0, 0.05) is 19.3 Å². The summed E-state index contributed by atoms with van der Waals surface area (Å²) >= 11 is 0. The average molecular weight is 254 g/mol. The van der Waals surface area contributed by atoms with E-state index < -0.39 is 0 Å². The predicted octanol–water partition coefficient (Wildman–Crippen LogP) is 0.583. The standard InChI is InChI=1S/C12H22N4O2/c1-13-8-11-9-16(15-14-11)5-7-17-10-12-4-2-3-6-18-12/h9,12-13H,2-8,10H2,1H3. The monoisotopic (exact) mass is 254 g/mol. The third-order valence-electron chi connectivity index (χ3n) is 2.99. The van der Waals surface area contributed by atoms with Crippen molar-refractivity contribution < 1.29 is 9.47 Å². The second-order valence-corrected chi connectivity index (χ2v) is 4.57. The molecule has 1 aromatic rings. The van der Waals surface area contributed by atoms with Crippen LogP contribution in [0.2, 0.25) is 0 Å². The van der Waals surface area contributed by atoms with Crippen LogP contribution in [0.15, 0.2) is 6.20 Å². The lowest BCUT2D eigenvalue weighted by Gasteiger charge is -2.22. The van der Waals surface area contributed by atoms with E-state index in [1.165, 1.54) is 12.8 Å². The number of hydrogen-bond donors (Lipinski definition) is 1. The molecular formula is C12H22N4O2. The number of ether oxygens (including phenoxy) is 2. The largest absolute Gasteiger partial charge is 0.377 e. The molecule has 1 N–H and O–H groups in total. The summed E-state index contributed by atoms with van der Waals surface area (Å²) in [5.41, 5.74) is 0.952. The van der Waals surface area contributed by atoms with Crippen LogP contribution < -0.4 is 5.32 Å².